The Labute approximate surface area is 134 Å². The lowest BCUT2D eigenvalue weighted by molar-refractivity contribution is -0.377. The largest absolute Gasteiger partial charge is 0.362 e. The lowest BCUT2D eigenvalue weighted by atomic mass is 9.87. The van der Waals surface area contributed by atoms with E-state index in [1.54, 1.807) is 12.2 Å². The van der Waals surface area contributed by atoms with E-state index in [1.807, 2.05) is 6.92 Å². The van der Waals surface area contributed by atoms with Gasteiger partial charge in [0.25, 0.3) is 0 Å². The number of rotatable bonds is 3. The first kappa shape index (κ1) is 14.7. The Morgan fingerprint density at radius 3 is 3.00 bits per heavy atom. The number of hydrogen-bond acceptors (Lipinski definition) is 4. The molecule has 0 radical (unpaired) electrons. The predicted molar refractivity (Wildman–Crippen MR) is 81.5 cm³/mol. The minimum atomic E-state index is -0.178. The highest BCUT2D eigenvalue weighted by molar-refractivity contribution is 6.13. The molecule has 1 fully saturated rings. The summed E-state index contributed by atoms with van der Waals surface area (Å²) in [7, 11) is 0. The summed E-state index contributed by atoms with van der Waals surface area (Å²) in [6, 6.07) is 0.466. The van der Waals surface area contributed by atoms with E-state index < -0.39 is 0 Å². The van der Waals surface area contributed by atoms with Gasteiger partial charge < -0.3 is 14.4 Å². The number of halogens is 2. The Morgan fingerprint density at radius 1 is 1.45 bits per heavy atom. The fourth-order valence-corrected chi connectivity index (χ4v) is 4.16. The maximum Gasteiger partial charge on any atom is 0.181 e. The number of nitrogens with one attached hydrogen (secondary N) is 1. The maximum absolute atomic E-state index is 13.7. The molecule has 2 aliphatic heterocycles. The van der Waals surface area contributed by atoms with Crippen LogP contribution in [-0.2, 0) is 9.47 Å². The minimum Gasteiger partial charge on any atom is -0.362 e. The van der Waals surface area contributed by atoms with Crippen molar-refractivity contribution in [2.24, 2.45) is 0 Å². The average Bonchev–Trinajstić information content (AvgIpc) is 2.78. The third-order valence-corrected chi connectivity index (χ3v) is 5.28. The number of hydrogen-bond donors (Lipinski definition) is 1. The smallest absolute Gasteiger partial charge is 0.181 e. The molecule has 6 heteroatoms. The number of fused-ring (bicyclic) bond motifs is 2. The molecule has 1 saturated heterocycles. The molecule has 120 valence electrons. The van der Waals surface area contributed by atoms with Gasteiger partial charge in [0.2, 0.25) is 0 Å². The first-order valence-corrected chi connectivity index (χ1v) is 8.27. The van der Waals surface area contributed by atoms with E-state index in [1.165, 1.54) is 11.3 Å². The summed E-state index contributed by atoms with van der Waals surface area (Å²) in [4.78, 5) is 5.19. The average molecular weight is 327 g/mol. The third-order valence-electron chi connectivity index (χ3n) is 4.98. The minimum absolute atomic E-state index is 0.115. The van der Waals surface area contributed by atoms with Crippen molar-refractivity contribution in [3.63, 3.8) is 0 Å². The summed E-state index contributed by atoms with van der Waals surface area (Å²) < 4.78 is 24.9. The Bertz CT molecular complexity index is 568. The SMILES string of the molecule is CC1OC(CN2C3=C(C[C@@H](NCl)CC3)C3=CC(F)=CCC32)O1. The molecule has 1 N–H and O–H groups in total. The van der Waals surface area contributed by atoms with Gasteiger partial charge in [-0.3, -0.25) is 0 Å². The molecule has 0 aromatic heterocycles. The van der Waals surface area contributed by atoms with Gasteiger partial charge in [-0.05, 0) is 67.7 Å². The number of ether oxygens (including phenoxy) is 2. The molecule has 4 rings (SSSR count). The van der Waals surface area contributed by atoms with Crippen LogP contribution in [0, 0.1) is 0 Å². The summed E-state index contributed by atoms with van der Waals surface area (Å²) >= 11 is 5.81. The van der Waals surface area contributed by atoms with Gasteiger partial charge >= 0.3 is 0 Å². The first-order valence-electron chi connectivity index (χ1n) is 7.89. The van der Waals surface area contributed by atoms with Gasteiger partial charge in [-0.2, -0.15) is 0 Å². The highest BCUT2D eigenvalue weighted by atomic mass is 35.5. The second kappa shape index (κ2) is 5.64. The number of allylic oxidation sites excluding steroid dienone is 3. The molecule has 2 atom stereocenters. The Hall–Kier alpha value is -0.880. The van der Waals surface area contributed by atoms with E-state index >= 15 is 0 Å². The first-order chi connectivity index (χ1) is 10.7. The molecule has 0 bridgehead atoms. The van der Waals surface area contributed by atoms with Crippen molar-refractivity contribution in [3.8, 4) is 0 Å². The lowest BCUT2D eigenvalue weighted by Gasteiger charge is -2.40. The van der Waals surface area contributed by atoms with Crippen molar-refractivity contribution in [3.05, 3.63) is 34.8 Å². The van der Waals surface area contributed by atoms with Crippen molar-refractivity contribution in [2.75, 3.05) is 6.54 Å². The summed E-state index contributed by atoms with van der Waals surface area (Å²) in [5, 5.41) is 0. The van der Waals surface area contributed by atoms with Crippen LogP contribution < -0.4 is 4.84 Å². The van der Waals surface area contributed by atoms with Gasteiger partial charge in [0.15, 0.2) is 12.6 Å². The molecule has 1 unspecified atom stereocenters. The van der Waals surface area contributed by atoms with Crippen LogP contribution in [0.15, 0.2) is 34.8 Å². The predicted octanol–water partition coefficient (Wildman–Crippen LogP) is 3.12. The Kier molecular flexibility index (Phi) is 3.77. The molecule has 0 spiro atoms. The van der Waals surface area contributed by atoms with Crippen LogP contribution in [0.5, 0.6) is 0 Å². The quantitative estimate of drug-likeness (QED) is 0.808. The maximum atomic E-state index is 13.7. The van der Waals surface area contributed by atoms with Gasteiger partial charge in [0.1, 0.15) is 5.83 Å². The van der Waals surface area contributed by atoms with Crippen molar-refractivity contribution in [2.45, 2.75) is 57.3 Å². The molecular weight excluding hydrogens is 307 g/mol. The molecule has 0 aromatic rings. The van der Waals surface area contributed by atoms with Gasteiger partial charge in [-0.1, -0.05) is 0 Å². The molecule has 0 aromatic carbocycles. The second-order valence-corrected chi connectivity index (χ2v) is 6.55. The van der Waals surface area contributed by atoms with Crippen molar-refractivity contribution in [1.82, 2.24) is 9.74 Å². The zero-order valence-electron chi connectivity index (χ0n) is 12.5. The summed E-state index contributed by atoms with van der Waals surface area (Å²) in [5.41, 5.74) is 3.68. The number of nitrogens with zero attached hydrogens (tertiary/aromatic N) is 1. The van der Waals surface area contributed by atoms with Gasteiger partial charge in [-0.25, -0.2) is 9.23 Å². The molecule has 4 aliphatic rings. The molecule has 22 heavy (non-hydrogen) atoms. The van der Waals surface area contributed by atoms with Crippen LogP contribution in [0.1, 0.15) is 32.6 Å². The molecule has 0 amide bonds. The fraction of sp³-hybridized carbons (Fsp3) is 0.625. The summed E-state index contributed by atoms with van der Waals surface area (Å²) in [6.07, 6.45) is 6.57. The highest BCUT2D eigenvalue weighted by Crippen LogP contribution is 2.45. The van der Waals surface area contributed by atoms with Crippen molar-refractivity contribution in [1.29, 1.82) is 0 Å². The molecular formula is C16H20ClFN2O2. The van der Waals surface area contributed by atoms with E-state index in [4.69, 9.17) is 21.3 Å². The normalized spacial score (nSPS) is 37.3. The van der Waals surface area contributed by atoms with E-state index in [-0.39, 0.29) is 30.5 Å². The van der Waals surface area contributed by atoms with Gasteiger partial charge in [-0.15, -0.1) is 0 Å². The van der Waals surface area contributed by atoms with Crippen LogP contribution in [-0.4, -0.2) is 36.1 Å². The molecule has 2 aliphatic carbocycles. The Balaban J connectivity index is 1.61. The monoisotopic (exact) mass is 326 g/mol. The van der Waals surface area contributed by atoms with Crippen LogP contribution in [0.25, 0.3) is 0 Å². The van der Waals surface area contributed by atoms with Crippen LogP contribution >= 0.6 is 11.8 Å². The van der Waals surface area contributed by atoms with Crippen molar-refractivity contribution >= 4 is 11.8 Å². The van der Waals surface area contributed by atoms with E-state index in [9.17, 15) is 4.39 Å². The van der Waals surface area contributed by atoms with Crippen LogP contribution in [0.2, 0.25) is 0 Å². The van der Waals surface area contributed by atoms with Crippen molar-refractivity contribution < 1.29 is 13.9 Å². The zero-order valence-corrected chi connectivity index (χ0v) is 13.3. The fourth-order valence-electron chi connectivity index (χ4n) is 3.97. The highest BCUT2D eigenvalue weighted by Gasteiger charge is 2.42. The summed E-state index contributed by atoms with van der Waals surface area (Å²) in [5.74, 6) is -0.134. The van der Waals surface area contributed by atoms with E-state index in [0.717, 1.165) is 24.8 Å². The zero-order chi connectivity index (χ0) is 15.3. The van der Waals surface area contributed by atoms with Gasteiger partial charge in [0.05, 0.1) is 12.6 Å². The Morgan fingerprint density at radius 2 is 2.27 bits per heavy atom. The summed E-state index contributed by atoms with van der Waals surface area (Å²) in [6.45, 7) is 2.60. The van der Waals surface area contributed by atoms with Crippen LogP contribution in [0.4, 0.5) is 4.39 Å². The van der Waals surface area contributed by atoms with Gasteiger partial charge in [0, 0.05) is 11.7 Å². The van der Waals surface area contributed by atoms with E-state index in [2.05, 4.69) is 9.74 Å². The molecule has 2 heterocycles. The molecule has 4 nitrogen and oxygen atoms in total. The second-order valence-electron chi connectivity index (χ2n) is 6.34. The lowest BCUT2D eigenvalue weighted by Crippen LogP contribution is -2.48. The third kappa shape index (κ3) is 2.40. The van der Waals surface area contributed by atoms with Crippen LogP contribution in [0.3, 0.4) is 0 Å². The topological polar surface area (TPSA) is 33.7 Å². The van der Waals surface area contributed by atoms with E-state index in [0.29, 0.717) is 13.0 Å². The standard InChI is InChI=1S/C16H20ClFN2O2/c1-9-21-16(22-9)8-20-14-4-2-10(18)6-12(14)13-7-11(19-17)3-5-15(13)20/h2,6,9,11,14,16,19H,3-5,7-8H2,1H3/t9?,11-,14?,16?/m0/s1. The molecule has 0 saturated carbocycles.